The Labute approximate surface area is 112 Å². The fourth-order valence-electron chi connectivity index (χ4n) is 2.01. The molecular formula is C14H28O3Si. The molecule has 0 unspecified atom stereocenters. The Morgan fingerprint density at radius 1 is 1.33 bits per heavy atom. The molecule has 3 nitrogen and oxygen atoms in total. The number of hydrogen-bond acceptors (Lipinski definition) is 3. The van der Waals surface area contributed by atoms with Crippen molar-refractivity contribution in [3.63, 3.8) is 0 Å². The summed E-state index contributed by atoms with van der Waals surface area (Å²) in [6, 6.07) is 0. The first kappa shape index (κ1) is 15.9. The van der Waals surface area contributed by atoms with Crippen LogP contribution in [-0.4, -0.2) is 32.9 Å². The summed E-state index contributed by atoms with van der Waals surface area (Å²) in [7, 11) is -1.84. The van der Waals surface area contributed by atoms with E-state index in [9.17, 15) is 4.79 Å². The number of hydrogen-bond donors (Lipinski definition) is 0. The maximum atomic E-state index is 11.7. The first-order valence-corrected chi connectivity index (χ1v) is 9.75. The molecule has 0 aromatic carbocycles. The van der Waals surface area contributed by atoms with Gasteiger partial charge in [0.1, 0.15) is 6.10 Å². The molecule has 0 spiro atoms. The second-order valence-corrected chi connectivity index (χ2v) is 11.9. The van der Waals surface area contributed by atoms with Crippen LogP contribution in [0.4, 0.5) is 0 Å². The number of ketones is 1. The molecule has 1 aliphatic heterocycles. The molecule has 0 aliphatic carbocycles. The van der Waals surface area contributed by atoms with Crippen molar-refractivity contribution in [2.24, 2.45) is 5.92 Å². The lowest BCUT2D eigenvalue weighted by molar-refractivity contribution is -0.144. The quantitative estimate of drug-likeness (QED) is 0.739. The summed E-state index contributed by atoms with van der Waals surface area (Å²) in [6.45, 7) is 15.5. The predicted octanol–water partition coefficient (Wildman–Crippen LogP) is 3.39. The monoisotopic (exact) mass is 272 g/mol. The Bertz CT molecular complexity index is 307. The molecule has 0 saturated carbocycles. The van der Waals surface area contributed by atoms with Crippen LogP contribution in [0.15, 0.2) is 0 Å². The molecule has 0 radical (unpaired) electrons. The summed E-state index contributed by atoms with van der Waals surface area (Å²) in [6.07, 6.45) is 0.499. The van der Waals surface area contributed by atoms with Gasteiger partial charge in [0.05, 0.1) is 12.7 Å². The molecule has 106 valence electrons. The lowest BCUT2D eigenvalue weighted by atomic mass is 9.96. The third kappa shape index (κ3) is 3.65. The average molecular weight is 272 g/mol. The summed E-state index contributed by atoms with van der Waals surface area (Å²) >= 11 is 0. The fourth-order valence-corrected chi connectivity index (χ4v) is 3.34. The maximum Gasteiger partial charge on any atom is 0.192 e. The first-order chi connectivity index (χ1) is 8.04. The van der Waals surface area contributed by atoms with E-state index in [-0.39, 0.29) is 23.0 Å². The molecule has 0 bridgehead atoms. The van der Waals surface area contributed by atoms with Gasteiger partial charge in [0.15, 0.2) is 14.1 Å². The molecule has 18 heavy (non-hydrogen) atoms. The largest absolute Gasteiger partial charge is 0.411 e. The molecule has 1 fully saturated rings. The van der Waals surface area contributed by atoms with Gasteiger partial charge in [-0.1, -0.05) is 27.7 Å². The minimum absolute atomic E-state index is 0.0628. The minimum atomic E-state index is -1.84. The van der Waals surface area contributed by atoms with Crippen molar-refractivity contribution < 1.29 is 14.0 Å². The van der Waals surface area contributed by atoms with Gasteiger partial charge in [0, 0.05) is 0 Å². The molecule has 1 saturated heterocycles. The normalized spacial score (nSPS) is 30.3. The Balaban J connectivity index is 2.81. The highest BCUT2D eigenvalue weighted by Gasteiger charge is 2.43. The number of carbonyl (C=O) groups is 1. The topological polar surface area (TPSA) is 35.5 Å². The maximum absolute atomic E-state index is 11.7. The van der Waals surface area contributed by atoms with Crippen LogP contribution in [0.1, 0.15) is 41.0 Å². The Hall–Kier alpha value is -0.193. The van der Waals surface area contributed by atoms with Gasteiger partial charge in [0.25, 0.3) is 0 Å². The highest BCUT2D eigenvalue weighted by molar-refractivity contribution is 6.74. The van der Waals surface area contributed by atoms with E-state index >= 15 is 0 Å². The molecule has 0 N–H and O–H groups in total. The van der Waals surface area contributed by atoms with Crippen LogP contribution in [0.3, 0.4) is 0 Å². The number of carbonyl (C=O) groups excluding carboxylic acids is 1. The first-order valence-electron chi connectivity index (χ1n) is 6.84. The summed E-state index contributed by atoms with van der Waals surface area (Å²) in [5.41, 5.74) is 0. The van der Waals surface area contributed by atoms with E-state index in [0.717, 1.165) is 6.42 Å². The second-order valence-electron chi connectivity index (χ2n) is 7.12. The van der Waals surface area contributed by atoms with E-state index in [2.05, 4.69) is 40.8 Å². The highest BCUT2D eigenvalue weighted by atomic mass is 28.4. The molecule has 0 aromatic rings. The van der Waals surface area contributed by atoms with Crippen molar-refractivity contribution in [2.45, 2.75) is 71.4 Å². The van der Waals surface area contributed by atoms with Crippen LogP contribution in [0.2, 0.25) is 18.1 Å². The highest BCUT2D eigenvalue weighted by Crippen LogP contribution is 2.39. The SMILES string of the molecule is CC(=O)[C@H]1OC[C@H](C)C[C@@H]1O[Si](C)(C)C(C)(C)C. The molecule has 0 amide bonds. The minimum Gasteiger partial charge on any atom is -0.411 e. The zero-order valence-corrected chi connectivity index (χ0v) is 13.9. The summed E-state index contributed by atoms with van der Waals surface area (Å²) in [5, 5.41) is 0.162. The van der Waals surface area contributed by atoms with Crippen LogP contribution >= 0.6 is 0 Å². The van der Waals surface area contributed by atoms with E-state index in [4.69, 9.17) is 9.16 Å². The van der Waals surface area contributed by atoms with Gasteiger partial charge in [-0.3, -0.25) is 4.79 Å². The van der Waals surface area contributed by atoms with Crippen molar-refractivity contribution in [1.29, 1.82) is 0 Å². The molecule has 1 heterocycles. The molecule has 1 aliphatic rings. The lowest BCUT2D eigenvalue weighted by Gasteiger charge is -2.43. The van der Waals surface area contributed by atoms with Crippen molar-refractivity contribution in [3.8, 4) is 0 Å². The standard InChI is InChI=1S/C14H28O3Si/c1-10-8-12(13(11(2)15)16-9-10)17-18(6,7)14(3,4)5/h10,12-13H,8-9H2,1-7H3/t10-,12+,13-/m1/s1. The van der Waals surface area contributed by atoms with Crippen LogP contribution in [-0.2, 0) is 14.0 Å². The molecule has 1 rings (SSSR count). The fraction of sp³-hybridized carbons (Fsp3) is 0.929. The third-order valence-electron chi connectivity index (χ3n) is 4.19. The van der Waals surface area contributed by atoms with Gasteiger partial charge in [-0.2, -0.15) is 0 Å². The summed E-state index contributed by atoms with van der Waals surface area (Å²) in [4.78, 5) is 11.7. The van der Waals surface area contributed by atoms with Crippen molar-refractivity contribution in [3.05, 3.63) is 0 Å². The van der Waals surface area contributed by atoms with Gasteiger partial charge < -0.3 is 9.16 Å². The van der Waals surface area contributed by atoms with Gasteiger partial charge >= 0.3 is 0 Å². The zero-order chi connectivity index (χ0) is 14.1. The number of rotatable bonds is 3. The number of ether oxygens (including phenoxy) is 1. The molecule has 0 aromatic heterocycles. The third-order valence-corrected chi connectivity index (χ3v) is 8.69. The van der Waals surface area contributed by atoms with E-state index in [1.165, 1.54) is 0 Å². The summed E-state index contributed by atoms with van der Waals surface area (Å²) in [5.74, 6) is 0.556. The molecular weight excluding hydrogens is 244 g/mol. The molecule has 3 atom stereocenters. The Kier molecular flexibility index (Phi) is 4.79. The van der Waals surface area contributed by atoms with Crippen LogP contribution in [0.25, 0.3) is 0 Å². The average Bonchev–Trinajstić information content (AvgIpc) is 2.14. The van der Waals surface area contributed by atoms with E-state index in [1.807, 2.05) is 0 Å². The Morgan fingerprint density at radius 3 is 2.33 bits per heavy atom. The van der Waals surface area contributed by atoms with Crippen LogP contribution < -0.4 is 0 Å². The zero-order valence-electron chi connectivity index (χ0n) is 12.9. The van der Waals surface area contributed by atoms with E-state index in [1.54, 1.807) is 6.92 Å². The smallest absolute Gasteiger partial charge is 0.192 e. The van der Waals surface area contributed by atoms with Crippen molar-refractivity contribution in [2.75, 3.05) is 6.61 Å². The van der Waals surface area contributed by atoms with E-state index in [0.29, 0.717) is 12.5 Å². The van der Waals surface area contributed by atoms with Crippen LogP contribution in [0.5, 0.6) is 0 Å². The number of Topliss-reactive ketones (excluding diaryl/α,β-unsaturated/α-hetero) is 1. The van der Waals surface area contributed by atoms with Gasteiger partial charge in [-0.15, -0.1) is 0 Å². The van der Waals surface area contributed by atoms with Gasteiger partial charge in [-0.05, 0) is 37.4 Å². The molecule has 4 heteroatoms. The van der Waals surface area contributed by atoms with Gasteiger partial charge in [0.2, 0.25) is 0 Å². The lowest BCUT2D eigenvalue weighted by Crippen LogP contribution is -2.52. The van der Waals surface area contributed by atoms with Crippen molar-refractivity contribution in [1.82, 2.24) is 0 Å². The van der Waals surface area contributed by atoms with Crippen LogP contribution in [0, 0.1) is 5.92 Å². The Morgan fingerprint density at radius 2 is 1.89 bits per heavy atom. The summed E-state index contributed by atoms with van der Waals surface area (Å²) < 4.78 is 12.1. The van der Waals surface area contributed by atoms with E-state index < -0.39 is 8.32 Å². The van der Waals surface area contributed by atoms with Crippen molar-refractivity contribution >= 4 is 14.1 Å². The second kappa shape index (κ2) is 5.43. The van der Waals surface area contributed by atoms with Gasteiger partial charge in [-0.25, -0.2) is 0 Å². The predicted molar refractivity (Wildman–Crippen MR) is 76.3 cm³/mol.